The van der Waals surface area contributed by atoms with Gasteiger partial charge in [-0.15, -0.1) is 0 Å². The maximum atomic E-state index is 13.8. The van der Waals surface area contributed by atoms with Gasteiger partial charge in [0.1, 0.15) is 11.6 Å². The van der Waals surface area contributed by atoms with Crippen LogP contribution in [0.25, 0.3) is 10.9 Å². The zero-order valence-corrected chi connectivity index (χ0v) is 16.0. The molecule has 8 heteroatoms. The van der Waals surface area contributed by atoms with Crippen molar-refractivity contribution in [2.24, 2.45) is 11.8 Å². The van der Waals surface area contributed by atoms with Crippen LogP contribution in [-0.2, 0) is 11.2 Å². The summed E-state index contributed by atoms with van der Waals surface area (Å²) in [5.41, 5.74) is 1.80. The van der Waals surface area contributed by atoms with Crippen LogP contribution in [0.2, 0.25) is 5.02 Å². The molecule has 1 N–H and O–H groups in total. The number of hydrogen-bond acceptors (Lipinski definition) is 4. The van der Waals surface area contributed by atoms with Crippen LogP contribution in [0.4, 0.5) is 14.5 Å². The van der Waals surface area contributed by atoms with E-state index in [1.807, 2.05) is 6.07 Å². The van der Waals surface area contributed by atoms with E-state index in [1.54, 1.807) is 12.3 Å². The third kappa shape index (κ3) is 3.40. The second kappa shape index (κ2) is 6.91. The largest absolute Gasteiger partial charge is 0.370 e. The van der Waals surface area contributed by atoms with Gasteiger partial charge in [-0.05, 0) is 30.3 Å². The topological polar surface area (TPSA) is 58.1 Å². The van der Waals surface area contributed by atoms with Crippen LogP contribution in [0.15, 0.2) is 42.7 Å². The molecule has 2 atom stereocenters. The van der Waals surface area contributed by atoms with E-state index < -0.39 is 5.82 Å². The number of nitrogens with zero attached hydrogens (tertiary/aromatic N) is 3. The van der Waals surface area contributed by atoms with Gasteiger partial charge in [0.25, 0.3) is 0 Å². The summed E-state index contributed by atoms with van der Waals surface area (Å²) in [7, 11) is 0. The average Bonchev–Trinajstić information content (AvgIpc) is 3.11. The van der Waals surface area contributed by atoms with Gasteiger partial charge >= 0.3 is 0 Å². The minimum atomic E-state index is -0.577. The van der Waals surface area contributed by atoms with Gasteiger partial charge in [0.2, 0.25) is 5.91 Å². The molecule has 3 aromatic rings. The van der Waals surface area contributed by atoms with E-state index in [0.717, 1.165) is 35.7 Å². The van der Waals surface area contributed by atoms with Crippen molar-refractivity contribution in [3.63, 3.8) is 0 Å². The fraction of sp³-hybridized carbons (Fsp3) is 0.286. The number of benzene rings is 1. The molecule has 1 saturated carbocycles. The molecule has 3 heterocycles. The lowest BCUT2D eigenvalue weighted by molar-refractivity contribution is -0.120. The quantitative estimate of drug-likeness (QED) is 0.711. The molecular formula is C21H17ClF2N4O. The maximum Gasteiger partial charge on any atom is 0.226 e. The Hall–Kier alpha value is -2.80. The van der Waals surface area contributed by atoms with Gasteiger partial charge < -0.3 is 10.2 Å². The highest BCUT2D eigenvalue weighted by Crippen LogP contribution is 2.47. The normalized spacial score (nSPS) is 22.6. The van der Waals surface area contributed by atoms with Crippen LogP contribution in [0.1, 0.15) is 5.69 Å². The Balaban J connectivity index is 1.23. The van der Waals surface area contributed by atoms with Crippen molar-refractivity contribution in [1.82, 2.24) is 15.3 Å². The smallest absolute Gasteiger partial charge is 0.226 e. The lowest BCUT2D eigenvalue weighted by Crippen LogP contribution is -2.35. The standard InChI is InChI=1S/C21H17ClF2N4O/c22-11-5-16(24)18(26-8-11)7-20(29)27-21-14-9-28(10-15(14)21)19-3-4-25-17-2-1-12(23)6-13(17)19/h1-6,8,14-15,21H,7,9-10H2,(H,27,29). The van der Waals surface area contributed by atoms with E-state index in [9.17, 15) is 13.6 Å². The molecular weight excluding hydrogens is 398 g/mol. The second-order valence-corrected chi connectivity index (χ2v) is 8.01. The number of hydrogen-bond donors (Lipinski definition) is 1. The van der Waals surface area contributed by atoms with Crippen LogP contribution in [0.3, 0.4) is 0 Å². The molecule has 1 aliphatic carbocycles. The van der Waals surface area contributed by atoms with Crippen molar-refractivity contribution in [3.05, 3.63) is 65.1 Å². The third-order valence-corrected chi connectivity index (χ3v) is 5.96. The molecule has 0 radical (unpaired) electrons. The molecule has 5 nitrogen and oxygen atoms in total. The molecule has 148 valence electrons. The molecule has 2 aliphatic rings. The number of anilines is 1. The number of nitrogens with one attached hydrogen (secondary N) is 1. The summed E-state index contributed by atoms with van der Waals surface area (Å²) >= 11 is 5.69. The van der Waals surface area contributed by atoms with Gasteiger partial charge in [0.05, 0.1) is 22.7 Å². The number of piperidine rings is 1. The number of carbonyl (C=O) groups is 1. The summed E-state index contributed by atoms with van der Waals surface area (Å²) in [5, 5.41) is 3.98. The molecule has 0 bridgehead atoms. The summed E-state index contributed by atoms with van der Waals surface area (Å²) in [6, 6.07) is 7.73. The lowest BCUT2D eigenvalue weighted by Gasteiger charge is -2.23. The van der Waals surface area contributed by atoms with Gasteiger partial charge in [-0.3, -0.25) is 14.8 Å². The number of halogens is 3. The Morgan fingerprint density at radius 3 is 2.72 bits per heavy atom. The van der Waals surface area contributed by atoms with Gasteiger partial charge in [0, 0.05) is 54.4 Å². The summed E-state index contributed by atoms with van der Waals surface area (Å²) < 4.78 is 27.5. The van der Waals surface area contributed by atoms with Crippen molar-refractivity contribution in [2.45, 2.75) is 12.5 Å². The van der Waals surface area contributed by atoms with Crippen LogP contribution >= 0.6 is 11.6 Å². The fourth-order valence-corrected chi connectivity index (χ4v) is 4.42. The number of aromatic nitrogens is 2. The first-order chi connectivity index (χ1) is 14.0. The second-order valence-electron chi connectivity index (χ2n) is 7.58. The Kier molecular flexibility index (Phi) is 4.35. The Bertz CT molecular complexity index is 1110. The van der Waals surface area contributed by atoms with Crippen molar-refractivity contribution >= 4 is 34.1 Å². The molecule has 0 spiro atoms. The average molecular weight is 415 g/mol. The van der Waals surface area contributed by atoms with Crippen molar-refractivity contribution in [2.75, 3.05) is 18.0 Å². The minimum absolute atomic E-state index is 0.0824. The number of fused-ring (bicyclic) bond motifs is 2. The van der Waals surface area contributed by atoms with Gasteiger partial charge in [0.15, 0.2) is 0 Å². The summed E-state index contributed by atoms with van der Waals surface area (Å²) in [6.07, 6.45) is 2.95. The number of amides is 1. The van der Waals surface area contributed by atoms with Crippen LogP contribution in [-0.4, -0.2) is 35.0 Å². The van der Waals surface area contributed by atoms with Crippen LogP contribution in [0.5, 0.6) is 0 Å². The predicted octanol–water partition coefficient (Wildman–Crippen LogP) is 3.35. The fourth-order valence-electron chi connectivity index (χ4n) is 4.28. The first kappa shape index (κ1) is 18.2. The van der Waals surface area contributed by atoms with E-state index in [2.05, 4.69) is 20.2 Å². The van der Waals surface area contributed by atoms with E-state index in [4.69, 9.17) is 11.6 Å². The molecule has 2 aromatic heterocycles. The van der Waals surface area contributed by atoms with Gasteiger partial charge in [-0.25, -0.2) is 8.78 Å². The molecule has 1 amide bonds. The highest BCUT2D eigenvalue weighted by molar-refractivity contribution is 6.30. The van der Waals surface area contributed by atoms with Gasteiger partial charge in [-0.1, -0.05) is 11.6 Å². The van der Waals surface area contributed by atoms with Crippen molar-refractivity contribution < 1.29 is 13.6 Å². The maximum absolute atomic E-state index is 13.8. The number of rotatable bonds is 4. The minimum Gasteiger partial charge on any atom is -0.370 e. The zero-order valence-electron chi connectivity index (χ0n) is 15.3. The summed E-state index contributed by atoms with van der Waals surface area (Å²) in [5.74, 6) is -0.450. The molecule has 5 rings (SSSR count). The molecule has 2 fully saturated rings. The van der Waals surface area contributed by atoms with Gasteiger partial charge in [-0.2, -0.15) is 0 Å². The van der Waals surface area contributed by atoms with E-state index in [-0.39, 0.29) is 34.9 Å². The van der Waals surface area contributed by atoms with Crippen molar-refractivity contribution in [3.8, 4) is 0 Å². The van der Waals surface area contributed by atoms with Crippen LogP contribution in [0, 0.1) is 23.5 Å². The Morgan fingerprint density at radius 1 is 1.17 bits per heavy atom. The lowest BCUT2D eigenvalue weighted by atomic mass is 10.1. The van der Waals surface area contributed by atoms with E-state index >= 15 is 0 Å². The van der Waals surface area contributed by atoms with Crippen molar-refractivity contribution in [1.29, 1.82) is 0 Å². The Labute approximate surface area is 170 Å². The highest BCUT2D eigenvalue weighted by Gasteiger charge is 2.56. The number of carbonyl (C=O) groups excluding carboxylic acids is 1. The monoisotopic (exact) mass is 414 g/mol. The summed E-state index contributed by atoms with van der Waals surface area (Å²) in [6.45, 7) is 1.55. The molecule has 1 saturated heterocycles. The van der Waals surface area contributed by atoms with E-state index in [0.29, 0.717) is 11.8 Å². The van der Waals surface area contributed by atoms with E-state index in [1.165, 1.54) is 18.3 Å². The third-order valence-electron chi connectivity index (χ3n) is 5.75. The molecule has 1 aromatic carbocycles. The van der Waals surface area contributed by atoms with Crippen LogP contribution < -0.4 is 10.2 Å². The Morgan fingerprint density at radius 2 is 1.97 bits per heavy atom. The first-order valence-corrected chi connectivity index (χ1v) is 9.76. The number of pyridine rings is 2. The zero-order chi connectivity index (χ0) is 20.1. The molecule has 2 unspecified atom stereocenters. The highest BCUT2D eigenvalue weighted by atomic mass is 35.5. The summed E-state index contributed by atoms with van der Waals surface area (Å²) in [4.78, 5) is 22.7. The first-order valence-electron chi connectivity index (χ1n) is 9.38. The predicted molar refractivity (Wildman–Crippen MR) is 106 cm³/mol. The molecule has 29 heavy (non-hydrogen) atoms. The molecule has 1 aliphatic heterocycles. The SMILES string of the molecule is O=C(Cc1ncc(Cl)cc1F)NC1C2CN(c3ccnc4ccc(F)cc34)CC21.